The Morgan fingerprint density at radius 2 is 1.90 bits per heavy atom. The summed E-state index contributed by atoms with van der Waals surface area (Å²) in [6.45, 7) is 2.85. The highest BCUT2D eigenvalue weighted by Crippen LogP contribution is 2.37. The van der Waals surface area contributed by atoms with Gasteiger partial charge in [0.2, 0.25) is 27.0 Å². The predicted molar refractivity (Wildman–Crippen MR) is 149 cm³/mol. The minimum Gasteiger partial charge on any atom is -0.481 e. The van der Waals surface area contributed by atoms with Gasteiger partial charge in [0.1, 0.15) is 18.6 Å². The molecule has 2 amide bonds. The maximum Gasteiger partial charge on any atom is 0.305 e. The average molecular weight is 651 g/mol. The van der Waals surface area contributed by atoms with Crippen molar-refractivity contribution in [3.63, 3.8) is 0 Å². The van der Waals surface area contributed by atoms with Crippen molar-refractivity contribution in [3.8, 4) is 0 Å². The molecule has 1 aromatic heterocycles. The minimum atomic E-state index is -3.72. The second kappa shape index (κ2) is 13.9. The number of likely N-dealkylation sites (tertiary alicyclic amines) is 1. The highest BCUT2D eigenvalue weighted by atomic mass is 35.5. The zero-order valence-electron chi connectivity index (χ0n) is 22.3. The molecular formula is C23H29Cl2N7O7S2. The summed E-state index contributed by atoms with van der Waals surface area (Å²) in [7, 11) is -3.72. The second-order valence-corrected chi connectivity index (χ2v) is 13.2. The number of carbonyl (C=O) groups is 4. The number of aliphatic carboxylic acids is 1. The molecule has 1 aliphatic rings. The number of sulfonamides is 1. The molecule has 18 heteroatoms. The van der Waals surface area contributed by atoms with Crippen LogP contribution in [0.2, 0.25) is 10.0 Å². The van der Waals surface area contributed by atoms with Gasteiger partial charge in [0, 0.05) is 6.54 Å². The highest BCUT2D eigenvalue weighted by Gasteiger charge is 2.38. The van der Waals surface area contributed by atoms with E-state index in [9.17, 15) is 32.7 Å². The molecule has 1 aromatic carbocycles. The van der Waals surface area contributed by atoms with E-state index >= 15 is 0 Å². The zero-order chi connectivity index (χ0) is 30.5. The summed E-state index contributed by atoms with van der Waals surface area (Å²) in [6, 6.07) is 1.22. The molecule has 41 heavy (non-hydrogen) atoms. The number of Topliss-reactive ketones (excluding diaryl/α,β-unsaturated/α-hetero) is 1. The summed E-state index contributed by atoms with van der Waals surface area (Å²) in [6.07, 6.45) is 1.26. The van der Waals surface area contributed by atoms with Gasteiger partial charge in [0.05, 0.1) is 33.7 Å². The molecule has 4 atom stereocenters. The van der Waals surface area contributed by atoms with Crippen LogP contribution in [0.5, 0.6) is 0 Å². The van der Waals surface area contributed by atoms with E-state index in [0.29, 0.717) is 27.8 Å². The summed E-state index contributed by atoms with van der Waals surface area (Å²) >= 11 is 13.4. The first-order valence-corrected chi connectivity index (χ1v) is 15.8. The van der Waals surface area contributed by atoms with Gasteiger partial charge >= 0.3 is 5.97 Å². The van der Waals surface area contributed by atoms with E-state index in [1.807, 2.05) is 0 Å². The van der Waals surface area contributed by atoms with E-state index in [1.54, 1.807) is 25.1 Å². The van der Waals surface area contributed by atoms with E-state index in [1.165, 1.54) is 11.8 Å². The molecule has 0 radical (unpaired) electrons. The van der Waals surface area contributed by atoms with Crippen molar-refractivity contribution < 1.29 is 32.7 Å². The molecule has 3 rings (SSSR count). The van der Waals surface area contributed by atoms with Crippen LogP contribution < -0.4 is 10.0 Å². The number of ketones is 1. The Morgan fingerprint density at radius 1 is 1.24 bits per heavy atom. The van der Waals surface area contributed by atoms with Gasteiger partial charge in [-0.05, 0) is 60.0 Å². The van der Waals surface area contributed by atoms with E-state index in [4.69, 9.17) is 23.2 Å². The molecule has 2 aromatic rings. The lowest BCUT2D eigenvalue weighted by Gasteiger charge is -2.31. The fourth-order valence-electron chi connectivity index (χ4n) is 4.22. The lowest BCUT2D eigenvalue weighted by Crippen LogP contribution is -2.57. The van der Waals surface area contributed by atoms with Gasteiger partial charge in [-0.1, -0.05) is 36.2 Å². The van der Waals surface area contributed by atoms with Crippen molar-refractivity contribution in [2.24, 2.45) is 5.92 Å². The monoisotopic (exact) mass is 649 g/mol. The number of amides is 2. The van der Waals surface area contributed by atoms with Crippen LogP contribution in [0.1, 0.15) is 33.1 Å². The molecule has 224 valence electrons. The summed E-state index contributed by atoms with van der Waals surface area (Å²) in [5.41, 5.74) is 0. The molecular weight excluding hydrogens is 621 g/mol. The normalized spacial score (nSPS) is 19.3. The fourth-order valence-corrected chi connectivity index (χ4v) is 6.44. The standard InChI is InChI=1S/C23H29Cl2N7O7S2/c1-12-6-5-9-31(22(37)19(12)28-41(3,38)39)13(2)21(36)26-16(10-18(34)35)17(33)11-32-23(27-29-30-32)40-20-14(24)7-4-8-15(20)25/h4,7-8,12-13,16,19,28H,5-6,9-11H2,1-3H3,(H,26,36)(H,34,35). The summed E-state index contributed by atoms with van der Waals surface area (Å²) in [5, 5.41) is 23.9. The SMILES string of the molecule is CC1CCCN(C(C)C(=O)NC(CC(=O)O)C(=O)Cn2nnnc2Sc2c(Cl)cccc2Cl)C(=O)C1NS(C)(=O)=O. The lowest BCUT2D eigenvalue weighted by molar-refractivity contribution is -0.143. The van der Waals surface area contributed by atoms with Gasteiger partial charge in [-0.25, -0.2) is 17.8 Å². The van der Waals surface area contributed by atoms with Crippen molar-refractivity contribution in [2.45, 2.75) is 67.8 Å². The van der Waals surface area contributed by atoms with E-state index in [-0.39, 0.29) is 17.6 Å². The number of halogens is 2. The average Bonchev–Trinajstić information content (AvgIpc) is 3.26. The Morgan fingerprint density at radius 3 is 2.51 bits per heavy atom. The number of hydrogen-bond acceptors (Lipinski definition) is 10. The smallest absolute Gasteiger partial charge is 0.305 e. The Kier molecular flexibility index (Phi) is 11.1. The van der Waals surface area contributed by atoms with Crippen molar-refractivity contribution >= 4 is 68.6 Å². The number of nitrogens with one attached hydrogen (secondary N) is 2. The molecule has 0 saturated carbocycles. The Hall–Kier alpha value is -2.79. The number of carbonyl (C=O) groups excluding carboxylic acids is 3. The van der Waals surface area contributed by atoms with Gasteiger partial charge in [-0.3, -0.25) is 19.2 Å². The number of hydrogen-bond donors (Lipinski definition) is 3. The quantitative estimate of drug-likeness (QED) is 0.299. The van der Waals surface area contributed by atoms with Crippen molar-refractivity contribution in [2.75, 3.05) is 12.8 Å². The van der Waals surface area contributed by atoms with Crippen LogP contribution in [0.3, 0.4) is 0 Å². The molecule has 0 aliphatic carbocycles. The summed E-state index contributed by atoms with van der Waals surface area (Å²) in [4.78, 5) is 52.8. The maximum atomic E-state index is 13.2. The first kappa shape index (κ1) is 32.7. The maximum absolute atomic E-state index is 13.2. The highest BCUT2D eigenvalue weighted by molar-refractivity contribution is 7.99. The van der Waals surface area contributed by atoms with Gasteiger partial charge in [-0.2, -0.15) is 0 Å². The van der Waals surface area contributed by atoms with Crippen molar-refractivity contribution in [1.82, 2.24) is 35.1 Å². The molecule has 2 heterocycles. The largest absolute Gasteiger partial charge is 0.481 e. The van der Waals surface area contributed by atoms with Gasteiger partial charge < -0.3 is 15.3 Å². The Labute approximate surface area is 250 Å². The van der Waals surface area contributed by atoms with E-state index in [0.717, 1.165) is 22.7 Å². The number of tetrazole rings is 1. The third kappa shape index (κ3) is 8.85. The third-order valence-electron chi connectivity index (χ3n) is 6.37. The van der Waals surface area contributed by atoms with Gasteiger partial charge in [0.25, 0.3) is 0 Å². The van der Waals surface area contributed by atoms with E-state index < -0.39 is 64.7 Å². The fraction of sp³-hybridized carbons (Fsp3) is 0.522. The number of rotatable bonds is 12. The lowest BCUT2D eigenvalue weighted by atomic mass is 9.98. The summed E-state index contributed by atoms with van der Waals surface area (Å²) in [5.74, 6) is -3.73. The van der Waals surface area contributed by atoms with Crippen LogP contribution in [0.15, 0.2) is 28.3 Å². The number of aromatic nitrogens is 4. The molecule has 3 N–H and O–H groups in total. The molecule has 0 bridgehead atoms. The number of benzene rings is 1. The number of carboxylic acid groups (broad SMARTS) is 1. The van der Waals surface area contributed by atoms with E-state index in [2.05, 4.69) is 25.6 Å². The van der Waals surface area contributed by atoms with Crippen LogP contribution in [0.4, 0.5) is 0 Å². The Bertz CT molecular complexity index is 1400. The molecule has 1 fully saturated rings. The van der Waals surface area contributed by atoms with Crippen LogP contribution in [-0.4, -0.2) is 93.1 Å². The Balaban J connectivity index is 1.75. The molecule has 1 aliphatic heterocycles. The zero-order valence-corrected chi connectivity index (χ0v) is 25.4. The van der Waals surface area contributed by atoms with Crippen molar-refractivity contribution in [3.05, 3.63) is 28.2 Å². The summed E-state index contributed by atoms with van der Waals surface area (Å²) < 4.78 is 27.1. The van der Waals surface area contributed by atoms with Gasteiger partial charge in [-0.15, -0.1) is 5.10 Å². The molecule has 14 nitrogen and oxygen atoms in total. The van der Waals surface area contributed by atoms with Crippen LogP contribution in [-0.2, 0) is 35.7 Å². The minimum absolute atomic E-state index is 0.149. The molecule has 1 saturated heterocycles. The second-order valence-electron chi connectivity index (χ2n) is 9.59. The van der Waals surface area contributed by atoms with Crippen molar-refractivity contribution in [1.29, 1.82) is 0 Å². The van der Waals surface area contributed by atoms with Gasteiger partial charge in [0.15, 0.2) is 5.78 Å². The number of carboxylic acids is 1. The predicted octanol–water partition coefficient (Wildman–Crippen LogP) is 1.22. The first-order chi connectivity index (χ1) is 19.2. The molecule has 4 unspecified atom stereocenters. The van der Waals surface area contributed by atoms with Crippen LogP contribution in [0.25, 0.3) is 0 Å². The topological polar surface area (TPSA) is 194 Å². The third-order valence-corrected chi connectivity index (χ3v) is 9.02. The first-order valence-electron chi connectivity index (χ1n) is 12.4. The molecule has 0 spiro atoms. The van der Waals surface area contributed by atoms with Crippen LogP contribution in [0, 0.1) is 5.92 Å². The van der Waals surface area contributed by atoms with Crippen LogP contribution >= 0.6 is 35.0 Å². The number of nitrogens with zero attached hydrogens (tertiary/aromatic N) is 5.